The lowest BCUT2D eigenvalue weighted by Gasteiger charge is -2.16. The number of hydrogen-bond donors (Lipinski definition) is 4. The van der Waals surface area contributed by atoms with Crippen molar-refractivity contribution in [1.82, 2.24) is 10.3 Å². The molecule has 0 fully saturated rings. The zero-order chi connectivity index (χ0) is 24.2. The molecule has 8 nitrogen and oxygen atoms in total. The fourth-order valence-electron chi connectivity index (χ4n) is 3.89. The predicted molar refractivity (Wildman–Crippen MR) is 132 cm³/mol. The van der Waals surface area contributed by atoms with Crippen LogP contribution >= 0.6 is 11.3 Å². The Morgan fingerprint density at radius 1 is 0.971 bits per heavy atom. The zero-order valence-corrected chi connectivity index (χ0v) is 19.7. The van der Waals surface area contributed by atoms with Crippen LogP contribution in [0.25, 0.3) is 11.3 Å². The fraction of sp³-hybridized carbons (Fsp3) is 0.280. The van der Waals surface area contributed by atoms with Gasteiger partial charge in [0.05, 0.1) is 5.69 Å². The van der Waals surface area contributed by atoms with E-state index in [0.717, 1.165) is 41.9 Å². The monoisotopic (exact) mass is 478 g/mol. The van der Waals surface area contributed by atoms with Crippen LogP contribution in [0.2, 0.25) is 0 Å². The SMILES string of the molecule is CC(C)[C@H](NC(=O)c1nc(-c2ccc(NC(=O)Nc3ccc4c(c3)CCC4)cc2)cs1)C(=O)O. The number of fused-ring (bicyclic) bond motifs is 1. The highest BCUT2D eigenvalue weighted by molar-refractivity contribution is 7.12. The summed E-state index contributed by atoms with van der Waals surface area (Å²) in [5.41, 5.74) is 5.41. The van der Waals surface area contributed by atoms with Crippen LogP contribution in [0.15, 0.2) is 47.8 Å². The first-order chi connectivity index (χ1) is 16.3. The summed E-state index contributed by atoms with van der Waals surface area (Å²) in [7, 11) is 0. The van der Waals surface area contributed by atoms with Gasteiger partial charge >= 0.3 is 12.0 Å². The first-order valence-electron chi connectivity index (χ1n) is 11.1. The molecule has 1 aromatic heterocycles. The number of nitrogens with one attached hydrogen (secondary N) is 3. The molecule has 0 bridgehead atoms. The molecule has 176 valence electrons. The van der Waals surface area contributed by atoms with Gasteiger partial charge in [0.2, 0.25) is 0 Å². The highest BCUT2D eigenvalue weighted by Crippen LogP contribution is 2.26. The average molecular weight is 479 g/mol. The predicted octanol–water partition coefficient (Wildman–Crippen LogP) is 4.78. The van der Waals surface area contributed by atoms with E-state index in [0.29, 0.717) is 11.4 Å². The number of aryl methyl sites for hydroxylation is 2. The van der Waals surface area contributed by atoms with Crippen LogP contribution in [0, 0.1) is 5.92 Å². The van der Waals surface area contributed by atoms with Crippen molar-refractivity contribution in [2.45, 2.75) is 39.2 Å². The van der Waals surface area contributed by atoms with E-state index < -0.39 is 17.9 Å². The number of thiazole rings is 1. The van der Waals surface area contributed by atoms with Crippen molar-refractivity contribution < 1.29 is 19.5 Å². The van der Waals surface area contributed by atoms with E-state index in [1.54, 1.807) is 43.5 Å². The molecule has 0 saturated heterocycles. The van der Waals surface area contributed by atoms with Gasteiger partial charge in [-0.15, -0.1) is 11.3 Å². The number of carboxylic acid groups (broad SMARTS) is 1. The molecule has 0 radical (unpaired) electrons. The highest BCUT2D eigenvalue weighted by Gasteiger charge is 2.25. The second-order valence-electron chi connectivity index (χ2n) is 8.56. The topological polar surface area (TPSA) is 120 Å². The minimum Gasteiger partial charge on any atom is -0.480 e. The minimum atomic E-state index is -1.08. The molecule has 3 aromatic rings. The third-order valence-electron chi connectivity index (χ3n) is 5.71. The Hall–Kier alpha value is -3.72. The normalized spacial score (nSPS) is 13.3. The molecule has 0 aliphatic heterocycles. The summed E-state index contributed by atoms with van der Waals surface area (Å²) in [5, 5.41) is 19.4. The number of carboxylic acids is 1. The number of benzene rings is 2. The van der Waals surface area contributed by atoms with Crippen LogP contribution in [0.5, 0.6) is 0 Å². The number of anilines is 2. The van der Waals surface area contributed by atoms with Crippen molar-refractivity contribution >= 4 is 40.6 Å². The van der Waals surface area contributed by atoms with Crippen LogP contribution in [-0.2, 0) is 17.6 Å². The molecule has 0 saturated carbocycles. The van der Waals surface area contributed by atoms with Gasteiger partial charge in [-0.05, 0) is 60.6 Å². The molecular formula is C25H26N4O4S. The van der Waals surface area contributed by atoms with Crippen molar-refractivity contribution in [3.63, 3.8) is 0 Å². The lowest BCUT2D eigenvalue weighted by Crippen LogP contribution is -2.44. The van der Waals surface area contributed by atoms with E-state index >= 15 is 0 Å². The Labute approximate surface area is 201 Å². The van der Waals surface area contributed by atoms with Gasteiger partial charge in [0.1, 0.15) is 6.04 Å². The standard InChI is InChI=1S/C25H26N4O4S/c1-14(2)21(24(31)32)29-22(30)23-28-20(13-34-23)16-7-9-18(10-8-16)26-25(33)27-19-11-6-15-4-3-5-17(15)12-19/h6-14,21H,3-5H2,1-2H3,(H,29,30)(H,31,32)(H2,26,27,33)/t21-/m0/s1. The smallest absolute Gasteiger partial charge is 0.326 e. The maximum absolute atomic E-state index is 12.4. The molecule has 1 heterocycles. The van der Waals surface area contributed by atoms with Crippen molar-refractivity contribution in [3.05, 3.63) is 64.0 Å². The summed E-state index contributed by atoms with van der Waals surface area (Å²) in [6.45, 7) is 3.46. The number of urea groups is 1. The quantitative estimate of drug-likeness (QED) is 0.389. The largest absolute Gasteiger partial charge is 0.480 e. The maximum atomic E-state index is 12.4. The molecule has 0 spiro atoms. The van der Waals surface area contributed by atoms with Crippen LogP contribution in [-0.4, -0.2) is 34.0 Å². The number of rotatable bonds is 7. The van der Waals surface area contributed by atoms with Gasteiger partial charge < -0.3 is 21.1 Å². The maximum Gasteiger partial charge on any atom is 0.326 e. The van der Waals surface area contributed by atoms with Crippen LogP contribution in [0.1, 0.15) is 41.2 Å². The number of carbonyl (C=O) groups excluding carboxylic acids is 2. The van der Waals surface area contributed by atoms with Crippen molar-refractivity contribution in [3.8, 4) is 11.3 Å². The van der Waals surface area contributed by atoms with Crippen LogP contribution < -0.4 is 16.0 Å². The molecule has 1 aliphatic carbocycles. The molecule has 4 N–H and O–H groups in total. The highest BCUT2D eigenvalue weighted by atomic mass is 32.1. The Kier molecular flexibility index (Phi) is 6.93. The molecular weight excluding hydrogens is 452 g/mol. The third-order valence-corrected chi connectivity index (χ3v) is 6.55. The molecule has 4 rings (SSSR count). The lowest BCUT2D eigenvalue weighted by atomic mass is 10.1. The first kappa shape index (κ1) is 23.4. The van der Waals surface area contributed by atoms with Crippen molar-refractivity contribution in [2.24, 2.45) is 5.92 Å². The number of aromatic nitrogens is 1. The summed E-state index contributed by atoms with van der Waals surface area (Å²) in [6.07, 6.45) is 3.30. The Morgan fingerprint density at radius 3 is 2.35 bits per heavy atom. The van der Waals surface area contributed by atoms with Gasteiger partial charge in [-0.25, -0.2) is 14.6 Å². The molecule has 9 heteroatoms. The Bertz CT molecular complexity index is 1220. The van der Waals surface area contributed by atoms with E-state index in [1.807, 2.05) is 12.1 Å². The third kappa shape index (κ3) is 5.43. The first-order valence-corrected chi connectivity index (χ1v) is 12.0. The van der Waals surface area contributed by atoms with E-state index in [2.05, 4.69) is 27.0 Å². The van der Waals surface area contributed by atoms with Crippen molar-refractivity contribution in [2.75, 3.05) is 10.6 Å². The fourth-order valence-corrected chi connectivity index (χ4v) is 4.62. The van der Waals surface area contributed by atoms with Crippen LogP contribution in [0.3, 0.4) is 0 Å². The molecule has 1 atom stereocenters. The molecule has 2 aromatic carbocycles. The summed E-state index contributed by atoms with van der Waals surface area (Å²) in [5.74, 6) is -1.84. The van der Waals surface area contributed by atoms with Crippen molar-refractivity contribution in [1.29, 1.82) is 0 Å². The number of hydrogen-bond acceptors (Lipinski definition) is 5. The second kappa shape index (κ2) is 10.0. The molecule has 1 aliphatic rings. The number of amides is 3. The summed E-state index contributed by atoms with van der Waals surface area (Å²) in [6, 6.07) is 11.8. The number of nitrogens with zero attached hydrogens (tertiary/aromatic N) is 1. The molecule has 34 heavy (non-hydrogen) atoms. The Balaban J connectivity index is 1.36. The number of aliphatic carboxylic acids is 1. The Morgan fingerprint density at radius 2 is 1.65 bits per heavy atom. The summed E-state index contributed by atoms with van der Waals surface area (Å²) >= 11 is 1.15. The molecule has 3 amide bonds. The number of carbonyl (C=O) groups is 3. The summed E-state index contributed by atoms with van der Waals surface area (Å²) < 4.78 is 0. The second-order valence-corrected chi connectivity index (χ2v) is 9.42. The minimum absolute atomic E-state index is 0.192. The van der Waals surface area contributed by atoms with E-state index in [4.69, 9.17) is 0 Å². The van der Waals surface area contributed by atoms with Gasteiger partial charge in [0.15, 0.2) is 5.01 Å². The summed E-state index contributed by atoms with van der Waals surface area (Å²) in [4.78, 5) is 40.5. The van der Waals surface area contributed by atoms with Gasteiger partial charge in [0, 0.05) is 22.3 Å². The zero-order valence-electron chi connectivity index (χ0n) is 18.9. The van der Waals surface area contributed by atoms with Gasteiger partial charge in [-0.2, -0.15) is 0 Å². The lowest BCUT2D eigenvalue weighted by molar-refractivity contribution is -0.140. The van der Waals surface area contributed by atoms with Gasteiger partial charge in [0.25, 0.3) is 5.91 Å². The van der Waals surface area contributed by atoms with E-state index in [1.165, 1.54) is 11.1 Å². The average Bonchev–Trinajstić information content (AvgIpc) is 3.47. The van der Waals surface area contributed by atoms with Crippen LogP contribution in [0.4, 0.5) is 16.2 Å². The van der Waals surface area contributed by atoms with Gasteiger partial charge in [-0.1, -0.05) is 32.0 Å². The van der Waals surface area contributed by atoms with E-state index in [-0.39, 0.29) is 17.0 Å². The van der Waals surface area contributed by atoms with E-state index in [9.17, 15) is 19.5 Å². The van der Waals surface area contributed by atoms with Gasteiger partial charge in [-0.3, -0.25) is 4.79 Å². The molecule has 0 unspecified atom stereocenters.